The Bertz CT molecular complexity index is 1330. The van der Waals surface area contributed by atoms with E-state index < -0.39 is 39.4 Å². The number of benzene rings is 2. The predicted molar refractivity (Wildman–Crippen MR) is 162 cm³/mol. The summed E-state index contributed by atoms with van der Waals surface area (Å²) >= 11 is 8.25. The number of aliphatic hydroxyl groups is 1. The zero-order chi connectivity index (χ0) is 29.5. The van der Waals surface area contributed by atoms with E-state index >= 15 is 0 Å². The molecule has 3 heterocycles. The van der Waals surface area contributed by atoms with Crippen LogP contribution < -0.4 is 4.90 Å². The van der Waals surface area contributed by atoms with Crippen LogP contribution in [0.4, 0.5) is 5.69 Å². The summed E-state index contributed by atoms with van der Waals surface area (Å²) in [6, 6.07) is 13.5. The van der Waals surface area contributed by atoms with Gasteiger partial charge in [0.2, 0.25) is 5.91 Å². The highest BCUT2D eigenvalue weighted by atomic mass is 35.5. The lowest BCUT2D eigenvalue weighted by atomic mass is 9.66. The molecule has 3 aliphatic heterocycles. The molecular weight excluding hydrogens is 560 g/mol. The number of anilines is 1. The molecule has 3 saturated heterocycles. The summed E-state index contributed by atoms with van der Waals surface area (Å²) < 4.78 is 4.12. The van der Waals surface area contributed by atoms with Crippen LogP contribution in [-0.4, -0.2) is 69.1 Å². The fourth-order valence-corrected chi connectivity index (χ4v) is 9.95. The van der Waals surface area contributed by atoms with Crippen LogP contribution in [0.5, 0.6) is 0 Å². The third-order valence-corrected chi connectivity index (χ3v) is 11.2. The number of aliphatic hydroxyl groups excluding tert-OH is 1. The Labute approximate surface area is 250 Å². The van der Waals surface area contributed by atoms with Crippen LogP contribution in [0.15, 0.2) is 61.2 Å². The van der Waals surface area contributed by atoms with Crippen molar-refractivity contribution in [1.82, 2.24) is 4.90 Å². The van der Waals surface area contributed by atoms with Crippen LogP contribution >= 0.6 is 23.4 Å². The molecule has 0 radical (unpaired) electrons. The average Bonchev–Trinajstić information content (AvgIpc) is 3.52. The molecule has 2 unspecified atom stereocenters. The molecule has 2 bridgehead atoms. The number of amides is 2. The maximum atomic E-state index is 14.9. The summed E-state index contributed by atoms with van der Waals surface area (Å²) in [4.78, 5) is 46.1. The topological polar surface area (TPSA) is 87.2 Å². The van der Waals surface area contributed by atoms with E-state index in [1.54, 1.807) is 40.6 Å². The van der Waals surface area contributed by atoms with Crippen LogP contribution in [0.2, 0.25) is 5.02 Å². The number of halogens is 1. The summed E-state index contributed by atoms with van der Waals surface area (Å²) in [5.74, 6) is -2.38. The number of para-hydroxylation sites is 1. The van der Waals surface area contributed by atoms with Crippen LogP contribution in [0.3, 0.4) is 0 Å². The van der Waals surface area contributed by atoms with E-state index in [2.05, 4.69) is 6.58 Å². The first-order chi connectivity index (χ1) is 19.6. The Morgan fingerprint density at radius 3 is 2.61 bits per heavy atom. The molecule has 5 rings (SSSR count). The number of fused-ring (bicyclic) bond motifs is 1. The maximum Gasteiger partial charge on any atom is 0.311 e. The highest BCUT2D eigenvalue weighted by molar-refractivity contribution is 8.02. The molecule has 2 aromatic carbocycles. The van der Waals surface area contributed by atoms with Gasteiger partial charge in [0, 0.05) is 11.3 Å². The maximum absolute atomic E-state index is 14.9. The minimum Gasteiger partial charge on any atom is -0.466 e. The number of thioether (sulfide) groups is 1. The van der Waals surface area contributed by atoms with Crippen LogP contribution in [0, 0.1) is 18.8 Å². The van der Waals surface area contributed by atoms with Crippen molar-refractivity contribution in [2.75, 3.05) is 24.7 Å². The van der Waals surface area contributed by atoms with Crippen LogP contribution in [0.1, 0.15) is 37.8 Å². The van der Waals surface area contributed by atoms with Gasteiger partial charge in [-0.25, -0.2) is 0 Å². The van der Waals surface area contributed by atoms with Gasteiger partial charge in [0.15, 0.2) is 0 Å². The van der Waals surface area contributed by atoms with Gasteiger partial charge < -0.3 is 19.6 Å². The highest BCUT2D eigenvalue weighted by Crippen LogP contribution is 2.72. The SMILES string of the molecule is C=CCN(C(=O)C1N([C@@H](CO)Cc2ccccc2)C(=O)[C@@H]2[C@H](C(=O)OCC)[C@]3(C)CCC12S3)c1c(C)cccc1Cl. The van der Waals surface area contributed by atoms with E-state index in [4.69, 9.17) is 16.3 Å². The number of carbonyl (C=O) groups is 3. The van der Waals surface area contributed by atoms with Crippen molar-refractivity contribution >= 4 is 46.8 Å². The molecule has 0 aliphatic carbocycles. The molecule has 1 N–H and O–H groups in total. The van der Waals surface area contributed by atoms with Crippen molar-refractivity contribution in [3.63, 3.8) is 0 Å². The molecule has 3 aliphatic rings. The van der Waals surface area contributed by atoms with Crippen molar-refractivity contribution in [1.29, 1.82) is 0 Å². The second-order valence-corrected chi connectivity index (χ2v) is 13.7. The molecule has 9 heteroatoms. The van der Waals surface area contributed by atoms with Gasteiger partial charge >= 0.3 is 5.97 Å². The highest BCUT2D eigenvalue weighted by Gasteiger charge is 2.78. The molecule has 7 nitrogen and oxygen atoms in total. The monoisotopic (exact) mass is 596 g/mol. The fraction of sp³-hybridized carbons (Fsp3) is 0.469. The minimum absolute atomic E-state index is 0.189. The van der Waals surface area contributed by atoms with Gasteiger partial charge in [-0.3, -0.25) is 14.4 Å². The van der Waals surface area contributed by atoms with E-state index in [9.17, 15) is 19.5 Å². The lowest BCUT2D eigenvalue weighted by Crippen LogP contribution is -2.58. The second-order valence-electron chi connectivity index (χ2n) is 11.4. The van der Waals surface area contributed by atoms with Crippen molar-refractivity contribution in [2.45, 2.75) is 61.6 Å². The number of ether oxygens (including phenoxy) is 1. The van der Waals surface area contributed by atoms with Crippen LogP contribution in [-0.2, 0) is 25.5 Å². The zero-order valence-electron chi connectivity index (χ0n) is 23.7. The smallest absolute Gasteiger partial charge is 0.311 e. The summed E-state index contributed by atoms with van der Waals surface area (Å²) in [7, 11) is 0. The minimum atomic E-state index is -0.914. The lowest BCUT2D eigenvalue weighted by molar-refractivity contribution is -0.155. The number of esters is 1. The van der Waals surface area contributed by atoms with Gasteiger partial charge in [-0.1, -0.05) is 60.1 Å². The molecule has 0 saturated carbocycles. The Morgan fingerprint density at radius 2 is 1.98 bits per heavy atom. The number of likely N-dealkylation sites (tertiary alicyclic amines) is 1. The number of carbonyl (C=O) groups excluding carboxylic acids is 3. The zero-order valence-corrected chi connectivity index (χ0v) is 25.3. The van der Waals surface area contributed by atoms with E-state index in [1.165, 1.54) is 0 Å². The van der Waals surface area contributed by atoms with Crippen molar-refractivity contribution in [3.8, 4) is 0 Å². The van der Waals surface area contributed by atoms with E-state index in [0.29, 0.717) is 30.0 Å². The average molecular weight is 597 g/mol. The van der Waals surface area contributed by atoms with E-state index in [0.717, 1.165) is 11.1 Å². The standard InChI is InChI=1S/C32H37ClN2O5S/c1-5-17-34(26-20(3)11-10-14-23(26)33)29(38)27-32-16-15-31(4,41-32)25(30(39)40-6-2)24(32)28(37)35(27)22(19-36)18-21-12-8-7-9-13-21/h5,7-14,22,24-25,27,36H,1,6,15-19H2,2-4H3/t22-,24+,25-,27?,31+,32?/m1/s1. The summed E-state index contributed by atoms with van der Waals surface area (Å²) in [5.41, 5.74) is 2.33. The Morgan fingerprint density at radius 1 is 1.24 bits per heavy atom. The lowest BCUT2D eigenvalue weighted by Gasteiger charge is -2.40. The Kier molecular flexibility index (Phi) is 8.30. The third kappa shape index (κ3) is 4.78. The molecule has 6 atom stereocenters. The number of hydrogen-bond acceptors (Lipinski definition) is 6. The quantitative estimate of drug-likeness (QED) is 0.313. The Hall–Kier alpha value is -2.81. The van der Waals surface area contributed by atoms with Crippen molar-refractivity contribution in [2.24, 2.45) is 11.8 Å². The molecule has 3 fully saturated rings. The molecule has 41 heavy (non-hydrogen) atoms. The fourth-order valence-electron chi connectivity index (χ4n) is 7.30. The number of aryl methyl sites for hydroxylation is 1. The van der Waals surface area contributed by atoms with E-state index in [1.807, 2.05) is 56.3 Å². The normalized spacial score (nSPS) is 28.9. The second kappa shape index (κ2) is 11.5. The van der Waals surface area contributed by atoms with Crippen LogP contribution in [0.25, 0.3) is 0 Å². The molecular formula is C32H37ClN2O5S. The molecule has 1 spiro atoms. The van der Waals surface area contributed by atoms with E-state index in [-0.39, 0.29) is 31.6 Å². The first kappa shape index (κ1) is 29.7. The van der Waals surface area contributed by atoms with Crippen molar-refractivity contribution < 1.29 is 24.2 Å². The summed E-state index contributed by atoms with van der Waals surface area (Å²) in [6.07, 6.45) is 3.29. The summed E-state index contributed by atoms with van der Waals surface area (Å²) in [6.45, 7) is 9.62. The first-order valence-corrected chi connectivity index (χ1v) is 15.3. The van der Waals surface area contributed by atoms with Gasteiger partial charge in [0.25, 0.3) is 5.91 Å². The van der Waals surface area contributed by atoms with Gasteiger partial charge in [0.1, 0.15) is 6.04 Å². The number of hydrogen-bond donors (Lipinski definition) is 1. The summed E-state index contributed by atoms with van der Waals surface area (Å²) in [5, 5.41) is 11.1. The van der Waals surface area contributed by atoms with Gasteiger partial charge in [-0.15, -0.1) is 18.3 Å². The number of rotatable bonds is 10. The first-order valence-electron chi connectivity index (χ1n) is 14.1. The molecule has 2 aromatic rings. The largest absolute Gasteiger partial charge is 0.466 e. The third-order valence-electron chi connectivity index (χ3n) is 8.94. The molecule has 0 aromatic heterocycles. The van der Waals surface area contributed by atoms with Crippen molar-refractivity contribution in [3.05, 3.63) is 77.3 Å². The van der Waals surface area contributed by atoms with Gasteiger partial charge in [-0.2, -0.15) is 0 Å². The Balaban J connectivity index is 1.66. The molecule has 2 amide bonds. The van der Waals surface area contributed by atoms with Gasteiger partial charge in [0.05, 0.1) is 46.5 Å². The molecule has 218 valence electrons. The van der Waals surface area contributed by atoms with Gasteiger partial charge in [-0.05, 0) is 57.2 Å². The number of nitrogens with zero attached hydrogens (tertiary/aromatic N) is 2. The predicted octanol–water partition coefficient (Wildman–Crippen LogP) is 4.82.